The van der Waals surface area contributed by atoms with Crippen LogP contribution in [0.4, 0.5) is 0 Å². The van der Waals surface area contributed by atoms with Crippen LogP contribution in [0.25, 0.3) is 0 Å². The Morgan fingerprint density at radius 2 is 1.58 bits per heavy atom. The van der Waals surface area contributed by atoms with E-state index in [0.717, 1.165) is 31.4 Å². The second-order valence-electron chi connectivity index (χ2n) is 4.81. The summed E-state index contributed by atoms with van der Waals surface area (Å²) in [5.41, 5.74) is 0. The van der Waals surface area contributed by atoms with Gasteiger partial charge in [0.2, 0.25) is 0 Å². The van der Waals surface area contributed by atoms with Crippen molar-refractivity contribution in [3.63, 3.8) is 0 Å². The monoisotopic (exact) mass is 296 g/mol. The standard InChI is InChI=1S/C13H28O5S/c1-10(16)13(9-15)18-12(11(17)8-14)6-4-2-3-5-7-19/h10-17,19H,2-9H2,1H3/t10-,11+,12?,13?/m1/s1. The van der Waals surface area contributed by atoms with Gasteiger partial charge in [0.05, 0.1) is 25.4 Å². The highest BCUT2D eigenvalue weighted by Crippen LogP contribution is 2.15. The SMILES string of the molecule is C[C@@H](O)C(CO)OC(CCCCCCS)[C@@H](O)CO. The molecule has 0 saturated carbocycles. The fraction of sp³-hybridized carbons (Fsp3) is 1.00. The molecule has 0 bridgehead atoms. The summed E-state index contributed by atoms with van der Waals surface area (Å²) in [5, 5.41) is 37.2. The number of rotatable bonds is 12. The van der Waals surface area contributed by atoms with Gasteiger partial charge in [-0.1, -0.05) is 19.3 Å². The molecule has 0 fully saturated rings. The number of thiol groups is 1. The quantitative estimate of drug-likeness (QED) is 0.265. The van der Waals surface area contributed by atoms with Crippen LogP contribution >= 0.6 is 12.6 Å². The first-order chi connectivity index (χ1) is 9.06. The van der Waals surface area contributed by atoms with Crippen molar-refractivity contribution in [1.29, 1.82) is 0 Å². The minimum atomic E-state index is -0.988. The molecule has 0 aliphatic heterocycles. The summed E-state index contributed by atoms with van der Waals surface area (Å²) in [7, 11) is 0. The van der Waals surface area contributed by atoms with E-state index in [-0.39, 0.29) is 13.2 Å². The van der Waals surface area contributed by atoms with Crippen molar-refractivity contribution in [3.05, 3.63) is 0 Å². The summed E-state index contributed by atoms with van der Waals surface area (Å²) >= 11 is 4.14. The molecule has 5 nitrogen and oxygen atoms in total. The van der Waals surface area contributed by atoms with Crippen LogP contribution in [-0.2, 0) is 4.74 Å². The van der Waals surface area contributed by atoms with Crippen molar-refractivity contribution in [2.24, 2.45) is 0 Å². The summed E-state index contributed by atoms with van der Waals surface area (Å²) in [6.45, 7) is 0.821. The molecule has 0 aliphatic rings. The molecule has 2 unspecified atom stereocenters. The van der Waals surface area contributed by atoms with Crippen LogP contribution < -0.4 is 0 Å². The lowest BCUT2D eigenvalue weighted by Gasteiger charge is -2.28. The Hall–Kier alpha value is 0.150. The summed E-state index contributed by atoms with van der Waals surface area (Å²) in [4.78, 5) is 0. The number of hydrogen-bond donors (Lipinski definition) is 5. The van der Waals surface area contributed by atoms with Gasteiger partial charge in [0.25, 0.3) is 0 Å². The minimum absolute atomic E-state index is 0.314. The number of aliphatic hydroxyl groups excluding tert-OH is 4. The van der Waals surface area contributed by atoms with Gasteiger partial charge in [-0.2, -0.15) is 12.6 Å². The largest absolute Gasteiger partial charge is 0.394 e. The maximum absolute atomic E-state index is 9.70. The van der Waals surface area contributed by atoms with Crippen LogP contribution in [0.15, 0.2) is 0 Å². The Bertz CT molecular complexity index is 203. The zero-order chi connectivity index (χ0) is 14.7. The molecule has 0 amide bonds. The molecule has 0 rings (SSSR count). The smallest absolute Gasteiger partial charge is 0.107 e. The number of unbranched alkanes of at least 4 members (excludes halogenated alkanes) is 3. The lowest BCUT2D eigenvalue weighted by molar-refractivity contribution is -0.137. The Morgan fingerprint density at radius 3 is 2.05 bits per heavy atom. The first-order valence-electron chi connectivity index (χ1n) is 6.91. The van der Waals surface area contributed by atoms with E-state index < -0.39 is 24.4 Å². The second kappa shape index (κ2) is 11.9. The predicted octanol–water partition coefficient (Wildman–Crippen LogP) is 0.347. The number of ether oxygens (including phenoxy) is 1. The lowest BCUT2D eigenvalue weighted by Crippen LogP contribution is -2.40. The fourth-order valence-electron chi connectivity index (χ4n) is 1.81. The average Bonchev–Trinajstić information content (AvgIpc) is 2.40. The van der Waals surface area contributed by atoms with E-state index in [4.69, 9.17) is 14.9 Å². The van der Waals surface area contributed by atoms with E-state index in [0.29, 0.717) is 6.42 Å². The van der Waals surface area contributed by atoms with E-state index in [1.54, 1.807) is 0 Å². The van der Waals surface area contributed by atoms with Gasteiger partial charge in [0, 0.05) is 0 Å². The molecule has 6 heteroatoms. The fourth-order valence-corrected chi connectivity index (χ4v) is 2.04. The second-order valence-corrected chi connectivity index (χ2v) is 5.26. The molecule has 0 aromatic carbocycles. The van der Waals surface area contributed by atoms with Crippen molar-refractivity contribution >= 4 is 12.6 Å². The van der Waals surface area contributed by atoms with Crippen molar-refractivity contribution in [2.75, 3.05) is 19.0 Å². The molecular weight excluding hydrogens is 268 g/mol. The van der Waals surface area contributed by atoms with Crippen molar-refractivity contribution < 1.29 is 25.2 Å². The molecule has 0 heterocycles. The molecule has 0 aromatic rings. The first kappa shape index (κ1) is 19.1. The molecule has 116 valence electrons. The van der Waals surface area contributed by atoms with Gasteiger partial charge in [-0.05, 0) is 25.5 Å². The van der Waals surface area contributed by atoms with E-state index in [2.05, 4.69) is 12.6 Å². The zero-order valence-corrected chi connectivity index (χ0v) is 12.5. The Balaban J connectivity index is 4.15. The van der Waals surface area contributed by atoms with E-state index in [9.17, 15) is 10.2 Å². The lowest BCUT2D eigenvalue weighted by atomic mass is 10.0. The average molecular weight is 296 g/mol. The molecule has 0 radical (unpaired) electrons. The zero-order valence-electron chi connectivity index (χ0n) is 11.6. The molecule has 0 aromatic heterocycles. The molecular formula is C13H28O5S. The van der Waals surface area contributed by atoms with Crippen LogP contribution in [0.5, 0.6) is 0 Å². The van der Waals surface area contributed by atoms with Crippen LogP contribution in [0, 0.1) is 0 Å². The topological polar surface area (TPSA) is 90.2 Å². The van der Waals surface area contributed by atoms with Gasteiger partial charge in [-0.3, -0.25) is 0 Å². The Kier molecular flexibility index (Phi) is 12.0. The van der Waals surface area contributed by atoms with Crippen LogP contribution in [0.3, 0.4) is 0 Å². The molecule has 4 N–H and O–H groups in total. The normalized spacial score (nSPS) is 18.0. The third kappa shape index (κ3) is 8.83. The van der Waals surface area contributed by atoms with Crippen LogP contribution in [0.2, 0.25) is 0 Å². The van der Waals surface area contributed by atoms with Gasteiger partial charge in [0.15, 0.2) is 0 Å². The molecule has 4 atom stereocenters. The van der Waals surface area contributed by atoms with Gasteiger partial charge in [0.1, 0.15) is 12.2 Å². The maximum atomic E-state index is 9.70. The Labute approximate surface area is 121 Å². The van der Waals surface area contributed by atoms with Crippen LogP contribution in [-0.4, -0.2) is 63.8 Å². The number of hydrogen-bond acceptors (Lipinski definition) is 6. The predicted molar refractivity (Wildman–Crippen MR) is 77.5 cm³/mol. The van der Waals surface area contributed by atoms with Gasteiger partial charge < -0.3 is 25.2 Å². The number of aliphatic hydroxyl groups is 4. The van der Waals surface area contributed by atoms with Gasteiger partial charge in [-0.25, -0.2) is 0 Å². The molecule has 19 heavy (non-hydrogen) atoms. The minimum Gasteiger partial charge on any atom is -0.394 e. The van der Waals surface area contributed by atoms with E-state index in [1.165, 1.54) is 6.92 Å². The maximum Gasteiger partial charge on any atom is 0.107 e. The Morgan fingerprint density at radius 1 is 0.947 bits per heavy atom. The van der Waals surface area contributed by atoms with E-state index in [1.807, 2.05) is 0 Å². The molecule has 0 aliphatic carbocycles. The van der Waals surface area contributed by atoms with Crippen LogP contribution in [0.1, 0.15) is 39.0 Å². The van der Waals surface area contributed by atoms with Crippen molar-refractivity contribution in [2.45, 2.75) is 63.4 Å². The molecule has 0 spiro atoms. The highest BCUT2D eigenvalue weighted by Gasteiger charge is 2.25. The third-order valence-electron chi connectivity index (χ3n) is 3.08. The summed E-state index contributed by atoms with van der Waals surface area (Å²) in [5.74, 6) is 0.869. The summed E-state index contributed by atoms with van der Waals surface area (Å²) < 4.78 is 5.50. The first-order valence-corrected chi connectivity index (χ1v) is 7.54. The highest BCUT2D eigenvalue weighted by atomic mass is 32.1. The third-order valence-corrected chi connectivity index (χ3v) is 3.40. The van der Waals surface area contributed by atoms with Gasteiger partial charge in [-0.15, -0.1) is 0 Å². The highest BCUT2D eigenvalue weighted by molar-refractivity contribution is 7.80. The van der Waals surface area contributed by atoms with Crippen molar-refractivity contribution in [1.82, 2.24) is 0 Å². The van der Waals surface area contributed by atoms with E-state index >= 15 is 0 Å². The van der Waals surface area contributed by atoms with Crippen molar-refractivity contribution in [3.8, 4) is 0 Å². The van der Waals surface area contributed by atoms with Gasteiger partial charge >= 0.3 is 0 Å². The summed E-state index contributed by atoms with van der Waals surface area (Å²) in [6.07, 6.45) is 1.51. The molecule has 0 saturated heterocycles. The summed E-state index contributed by atoms with van der Waals surface area (Å²) in [6, 6.07) is 0.